The number of hydrogen-bond acceptors (Lipinski definition) is 3. The number of carbonyl (C=O) groups is 2. The van der Waals surface area contributed by atoms with Crippen LogP contribution in [0.4, 0.5) is 13.2 Å². The summed E-state index contributed by atoms with van der Waals surface area (Å²) in [6.07, 6.45) is -5.08. The second-order valence-corrected chi connectivity index (χ2v) is 4.04. The summed E-state index contributed by atoms with van der Waals surface area (Å²) in [5, 5.41) is 12.9. The van der Waals surface area contributed by atoms with Crippen LogP contribution in [0.2, 0.25) is 0 Å². The lowest BCUT2D eigenvalue weighted by molar-refractivity contribution is -0.216. The van der Waals surface area contributed by atoms with Gasteiger partial charge in [-0.3, -0.25) is 9.59 Å². The smallest absolute Gasteiger partial charge is 0.404 e. The van der Waals surface area contributed by atoms with Gasteiger partial charge in [-0.1, -0.05) is 0 Å². The molecule has 0 aromatic heterocycles. The Morgan fingerprint density at radius 2 is 2.06 bits per heavy atom. The lowest BCUT2D eigenvalue weighted by Crippen LogP contribution is -2.55. The molecule has 1 amide bonds. The zero-order chi connectivity index (χ0) is 13.3. The Morgan fingerprint density at radius 1 is 1.47 bits per heavy atom. The fourth-order valence-corrected chi connectivity index (χ4v) is 1.65. The van der Waals surface area contributed by atoms with Crippen molar-refractivity contribution in [3.05, 3.63) is 0 Å². The van der Waals surface area contributed by atoms with Crippen LogP contribution in [0, 0.1) is 5.41 Å². The van der Waals surface area contributed by atoms with Crippen LogP contribution in [0.15, 0.2) is 0 Å². The number of amides is 1. The van der Waals surface area contributed by atoms with Gasteiger partial charge in [0.05, 0.1) is 0 Å². The average molecular weight is 254 g/mol. The fourth-order valence-electron chi connectivity index (χ4n) is 1.65. The maximum atomic E-state index is 12.9. The molecule has 3 N–H and O–H groups in total. The van der Waals surface area contributed by atoms with Gasteiger partial charge in [-0.05, 0) is 19.9 Å². The van der Waals surface area contributed by atoms with Crippen LogP contribution < -0.4 is 10.6 Å². The molecule has 1 heterocycles. The third kappa shape index (κ3) is 2.51. The highest BCUT2D eigenvalue weighted by molar-refractivity contribution is 5.88. The summed E-state index contributed by atoms with van der Waals surface area (Å²) < 4.78 is 38.6. The van der Waals surface area contributed by atoms with Crippen LogP contribution in [0.3, 0.4) is 0 Å². The minimum absolute atomic E-state index is 0.0778. The van der Waals surface area contributed by atoms with Gasteiger partial charge in [0.2, 0.25) is 5.91 Å². The zero-order valence-electron chi connectivity index (χ0n) is 9.10. The van der Waals surface area contributed by atoms with Gasteiger partial charge in [0.1, 0.15) is 6.04 Å². The first-order valence-electron chi connectivity index (χ1n) is 5.02. The Morgan fingerprint density at radius 3 is 2.41 bits per heavy atom. The Bertz CT molecular complexity index is 324. The van der Waals surface area contributed by atoms with Crippen LogP contribution in [0.1, 0.15) is 13.3 Å². The van der Waals surface area contributed by atoms with Crippen LogP contribution in [-0.4, -0.2) is 42.3 Å². The van der Waals surface area contributed by atoms with Crippen molar-refractivity contribution in [1.82, 2.24) is 10.6 Å². The molecule has 1 aliphatic heterocycles. The molecule has 0 radical (unpaired) electrons. The minimum Gasteiger partial charge on any atom is -0.480 e. The molecule has 0 saturated carbocycles. The predicted molar refractivity (Wildman–Crippen MR) is 51.2 cm³/mol. The molecule has 0 aromatic carbocycles. The number of nitrogens with one attached hydrogen (secondary N) is 2. The van der Waals surface area contributed by atoms with Crippen LogP contribution in [0.25, 0.3) is 0 Å². The molecule has 0 aliphatic carbocycles. The molecule has 8 heteroatoms. The number of carbonyl (C=O) groups excluding carboxylic acids is 1. The van der Waals surface area contributed by atoms with Crippen molar-refractivity contribution in [2.24, 2.45) is 5.41 Å². The van der Waals surface area contributed by atoms with E-state index in [-0.39, 0.29) is 13.0 Å². The number of aliphatic carboxylic acids is 1. The highest BCUT2D eigenvalue weighted by atomic mass is 19.4. The molecule has 5 nitrogen and oxygen atoms in total. The van der Waals surface area contributed by atoms with Crippen molar-refractivity contribution >= 4 is 11.9 Å². The molecular weight excluding hydrogens is 241 g/mol. The molecule has 1 fully saturated rings. The van der Waals surface area contributed by atoms with E-state index < -0.39 is 36.1 Å². The number of halogens is 3. The van der Waals surface area contributed by atoms with Crippen molar-refractivity contribution in [2.45, 2.75) is 25.6 Å². The SMILES string of the molecule is C[C@@H](NC(=O)C1(C(F)(F)F)CCNC1)C(=O)O. The molecule has 2 atom stereocenters. The van der Waals surface area contributed by atoms with Crippen molar-refractivity contribution in [3.8, 4) is 0 Å². The van der Waals surface area contributed by atoms with Gasteiger partial charge in [-0.2, -0.15) is 13.2 Å². The maximum absolute atomic E-state index is 12.9. The van der Waals surface area contributed by atoms with Crippen molar-refractivity contribution in [2.75, 3.05) is 13.1 Å². The Kier molecular flexibility index (Phi) is 3.65. The number of rotatable bonds is 3. The quantitative estimate of drug-likeness (QED) is 0.668. The molecule has 98 valence electrons. The summed E-state index contributed by atoms with van der Waals surface area (Å²) in [7, 11) is 0. The van der Waals surface area contributed by atoms with Gasteiger partial charge in [0, 0.05) is 6.54 Å². The van der Waals surface area contributed by atoms with E-state index in [1.165, 1.54) is 0 Å². The number of carboxylic acids is 1. The number of hydrogen-bond donors (Lipinski definition) is 3. The van der Waals surface area contributed by atoms with Gasteiger partial charge in [-0.25, -0.2) is 0 Å². The van der Waals surface area contributed by atoms with Gasteiger partial charge in [-0.15, -0.1) is 0 Å². The van der Waals surface area contributed by atoms with E-state index in [0.29, 0.717) is 0 Å². The average Bonchev–Trinajstić information content (AvgIpc) is 2.65. The van der Waals surface area contributed by atoms with E-state index in [1.54, 1.807) is 0 Å². The lowest BCUT2D eigenvalue weighted by Gasteiger charge is -2.30. The third-order valence-electron chi connectivity index (χ3n) is 2.85. The Labute approximate surface area is 95.4 Å². The van der Waals surface area contributed by atoms with E-state index in [4.69, 9.17) is 5.11 Å². The first kappa shape index (κ1) is 13.8. The monoisotopic (exact) mass is 254 g/mol. The number of carboxylic acid groups (broad SMARTS) is 1. The molecule has 1 unspecified atom stereocenters. The van der Waals surface area contributed by atoms with E-state index in [1.807, 2.05) is 5.32 Å². The van der Waals surface area contributed by atoms with Crippen LogP contribution in [0.5, 0.6) is 0 Å². The van der Waals surface area contributed by atoms with Crippen molar-refractivity contribution in [3.63, 3.8) is 0 Å². The molecule has 0 bridgehead atoms. The lowest BCUT2D eigenvalue weighted by atomic mass is 9.85. The molecule has 17 heavy (non-hydrogen) atoms. The first-order valence-corrected chi connectivity index (χ1v) is 5.02. The van der Waals surface area contributed by atoms with E-state index in [2.05, 4.69) is 5.32 Å². The normalized spacial score (nSPS) is 26.6. The predicted octanol–water partition coefficient (Wildman–Crippen LogP) is 0.118. The Hall–Kier alpha value is -1.31. The third-order valence-corrected chi connectivity index (χ3v) is 2.85. The fraction of sp³-hybridized carbons (Fsp3) is 0.778. The minimum atomic E-state index is -4.70. The van der Waals surface area contributed by atoms with Crippen molar-refractivity contribution < 1.29 is 27.9 Å². The summed E-state index contributed by atoms with van der Waals surface area (Å²) in [5.41, 5.74) is -2.52. The largest absolute Gasteiger partial charge is 0.480 e. The van der Waals surface area contributed by atoms with E-state index in [0.717, 1.165) is 6.92 Å². The number of alkyl halides is 3. The topological polar surface area (TPSA) is 78.4 Å². The molecule has 1 rings (SSSR count). The molecule has 1 saturated heterocycles. The highest BCUT2D eigenvalue weighted by Crippen LogP contribution is 2.43. The second kappa shape index (κ2) is 4.52. The molecule has 1 aliphatic rings. The van der Waals surface area contributed by atoms with Crippen LogP contribution >= 0.6 is 0 Å². The van der Waals surface area contributed by atoms with Crippen LogP contribution in [-0.2, 0) is 9.59 Å². The summed E-state index contributed by atoms with van der Waals surface area (Å²) in [5.74, 6) is -2.66. The molecule has 0 aromatic rings. The second-order valence-electron chi connectivity index (χ2n) is 4.04. The van der Waals surface area contributed by atoms with Gasteiger partial charge < -0.3 is 15.7 Å². The van der Waals surface area contributed by atoms with Crippen molar-refractivity contribution in [1.29, 1.82) is 0 Å². The highest BCUT2D eigenvalue weighted by Gasteiger charge is 2.61. The molecule has 0 spiro atoms. The molecular formula is C9H13F3N2O3. The zero-order valence-corrected chi connectivity index (χ0v) is 9.10. The summed E-state index contributed by atoms with van der Waals surface area (Å²) in [4.78, 5) is 22.1. The van der Waals surface area contributed by atoms with Gasteiger partial charge in [0.25, 0.3) is 0 Å². The summed E-state index contributed by atoms with van der Waals surface area (Å²) >= 11 is 0. The standard InChI is InChI=1S/C9H13F3N2O3/c1-5(6(15)16)14-7(17)8(9(10,11)12)2-3-13-4-8/h5,13H,2-4H2,1H3,(H,14,17)(H,15,16)/t5-,8?/m1/s1. The Balaban J connectivity index is 2.86. The summed E-state index contributed by atoms with van der Waals surface area (Å²) in [6.45, 7) is 0.676. The van der Waals surface area contributed by atoms with Gasteiger partial charge >= 0.3 is 12.1 Å². The first-order chi connectivity index (χ1) is 7.71. The summed E-state index contributed by atoms with van der Waals surface area (Å²) in [6, 6.07) is -1.35. The van der Waals surface area contributed by atoms with E-state index in [9.17, 15) is 22.8 Å². The maximum Gasteiger partial charge on any atom is 0.404 e. The van der Waals surface area contributed by atoms with E-state index >= 15 is 0 Å². The van der Waals surface area contributed by atoms with Gasteiger partial charge in [0.15, 0.2) is 5.41 Å².